The van der Waals surface area contributed by atoms with Gasteiger partial charge in [0.25, 0.3) is 15.9 Å². The molecule has 0 unspecified atom stereocenters. The first kappa shape index (κ1) is 16.4. The van der Waals surface area contributed by atoms with Crippen molar-refractivity contribution in [3.8, 4) is 0 Å². The number of amides is 1. The van der Waals surface area contributed by atoms with E-state index in [1.165, 1.54) is 19.1 Å². The van der Waals surface area contributed by atoms with Gasteiger partial charge in [0.15, 0.2) is 0 Å². The number of halogens is 1. The van der Waals surface area contributed by atoms with Gasteiger partial charge < -0.3 is 4.90 Å². The molecule has 24 heavy (non-hydrogen) atoms. The number of likely N-dealkylation sites (tertiary alicyclic amines) is 1. The van der Waals surface area contributed by atoms with E-state index < -0.39 is 15.8 Å². The molecule has 2 aromatic rings. The molecule has 0 aromatic heterocycles. The van der Waals surface area contributed by atoms with Crippen LogP contribution in [0.15, 0.2) is 47.4 Å². The van der Waals surface area contributed by atoms with Crippen molar-refractivity contribution in [1.82, 2.24) is 4.90 Å². The molecular formula is C17H17FN2O3S. The number of nitrogens with one attached hydrogen (secondary N) is 1. The van der Waals surface area contributed by atoms with Crippen LogP contribution in [0.3, 0.4) is 0 Å². The van der Waals surface area contributed by atoms with Crippen LogP contribution < -0.4 is 4.72 Å². The Balaban J connectivity index is 1.77. The smallest absolute Gasteiger partial charge is 0.261 e. The summed E-state index contributed by atoms with van der Waals surface area (Å²) in [5.74, 6) is -0.507. The Morgan fingerprint density at radius 2 is 1.79 bits per heavy atom. The van der Waals surface area contributed by atoms with Gasteiger partial charge in [0, 0.05) is 24.3 Å². The van der Waals surface area contributed by atoms with E-state index in [-0.39, 0.29) is 16.4 Å². The Morgan fingerprint density at radius 1 is 1.12 bits per heavy atom. The molecule has 3 rings (SSSR count). The van der Waals surface area contributed by atoms with Gasteiger partial charge in [0.1, 0.15) is 5.82 Å². The van der Waals surface area contributed by atoms with Gasteiger partial charge in [0.2, 0.25) is 0 Å². The Labute approximate surface area is 140 Å². The molecule has 0 atom stereocenters. The minimum Gasteiger partial charge on any atom is -0.339 e. The van der Waals surface area contributed by atoms with Gasteiger partial charge in [-0.15, -0.1) is 0 Å². The molecule has 1 heterocycles. The van der Waals surface area contributed by atoms with E-state index in [1.54, 1.807) is 29.2 Å². The number of benzene rings is 2. The molecule has 0 aliphatic carbocycles. The van der Waals surface area contributed by atoms with Crippen LogP contribution in [0.1, 0.15) is 22.3 Å². The van der Waals surface area contributed by atoms with Crippen molar-refractivity contribution in [3.63, 3.8) is 0 Å². The Bertz CT molecular complexity index is 875. The molecule has 1 fully saturated rings. The molecule has 0 spiro atoms. The van der Waals surface area contributed by atoms with Crippen molar-refractivity contribution in [2.24, 2.45) is 0 Å². The maximum Gasteiger partial charge on any atom is 0.261 e. The van der Waals surface area contributed by atoms with E-state index in [9.17, 15) is 17.6 Å². The Hall–Kier alpha value is -2.41. The average molecular weight is 348 g/mol. The third kappa shape index (κ3) is 3.26. The number of hydrogen-bond donors (Lipinski definition) is 1. The van der Waals surface area contributed by atoms with Gasteiger partial charge in [0.05, 0.1) is 4.90 Å². The summed E-state index contributed by atoms with van der Waals surface area (Å²) in [6.45, 7) is 3.03. The number of aryl methyl sites for hydroxylation is 1. The average Bonchev–Trinajstić information content (AvgIpc) is 2.48. The highest BCUT2D eigenvalue weighted by atomic mass is 32.2. The molecule has 2 aromatic carbocycles. The van der Waals surface area contributed by atoms with Gasteiger partial charge in [-0.25, -0.2) is 12.8 Å². The third-order valence-electron chi connectivity index (χ3n) is 3.97. The van der Waals surface area contributed by atoms with E-state index in [4.69, 9.17) is 0 Å². The van der Waals surface area contributed by atoms with Crippen LogP contribution in [-0.4, -0.2) is 32.3 Å². The molecule has 126 valence electrons. The molecule has 0 radical (unpaired) electrons. The number of carbonyl (C=O) groups excluding carboxylic acids is 1. The highest BCUT2D eigenvalue weighted by molar-refractivity contribution is 7.92. The zero-order chi connectivity index (χ0) is 17.3. The lowest BCUT2D eigenvalue weighted by molar-refractivity contribution is 0.0652. The molecule has 0 saturated carbocycles. The van der Waals surface area contributed by atoms with E-state index in [0.717, 1.165) is 25.6 Å². The molecule has 1 amide bonds. The van der Waals surface area contributed by atoms with E-state index >= 15 is 0 Å². The molecule has 1 saturated heterocycles. The van der Waals surface area contributed by atoms with E-state index in [0.29, 0.717) is 11.3 Å². The minimum absolute atomic E-state index is 0.0119. The van der Waals surface area contributed by atoms with Crippen LogP contribution in [0.5, 0.6) is 0 Å². The van der Waals surface area contributed by atoms with E-state index in [1.807, 2.05) is 0 Å². The van der Waals surface area contributed by atoms with E-state index in [2.05, 4.69) is 4.72 Å². The second-order valence-electron chi connectivity index (χ2n) is 5.74. The van der Waals surface area contributed by atoms with Crippen molar-refractivity contribution in [2.45, 2.75) is 18.2 Å². The first-order valence-corrected chi connectivity index (χ1v) is 9.03. The van der Waals surface area contributed by atoms with Crippen LogP contribution in [0.25, 0.3) is 0 Å². The molecule has 7 heteroatoms. The Morgan fingerprint density at radius 3 is 2.33 bits per heavy atom. The highest BCUT2D eigenvalue weighted by Gasteiger charge is 2.21. The number of nitrogens with zero attached hydrogens (tertiary/aromatic N) is 1. The van der Waals surface area contributed by atoms with Gasteiger partial charge in [-0.05, 0) is 61.4 Å². The van der Waals surface area contributed by atoms with Gasteiger partial charge in [-0.2, -0.15) is 0 Å². The van der Waals surface area contributed by atoms with Crippen molar-refractivity contribution >= 4 is 21.6 Å². The first-order chi connectivity index (χ1) is 11.4. The molecule has 1 N–H and O–H groups in total. The number of anilines is 1. The Kier molecular flexibility index (Phi) is 4.28. The summed E-state index contributed by atoms with van der Waals surface area (Å²) in [4.78, 5) is 13.8. The third-order valence-corrected chi connectivity index (χ3v) is 5.35. The van der Waals surface area contributed by atoms with Crippen molar-refractivity contribution in [1.29, 1.82) is 0 Å². The molecule has 5 nitrogen and oxygen atoms in total. The number of sulfonamides is 1. The second kappa shape index (κ2) is 6.24. The van der Waals surface area contributed by atoms with Crippen molar-refractivity contribution < 1.29 is 17.6 Å². The lowest BCUT2D eigenvalue weighted by Gasteiger charge is -2.30. The summed E-state index contributed by atoms with van der Waals surface area (Å²) in [6.07, 6.45) is 1.01. The fourth-order valence-corrected chi connectivity index (χ4v) is 3.52. The lowest BCUT2D eigenvalue weighted by Crippen LogP contribution is -2.41. The van der Waals surface area contributed by atoms with Crippen LogP contribution in [0.2, 0.25) is 0 Å². The topological polar surface area (TPSA) is 66.5 Å². The number of hydrogen-bond acceptors (Lipinski definition) is 3. The number of rotatable bonds is 4. The largest absolute Gasteiger partial charge is 0.339 e. The molecular weight excluding hydrogens is 331 g/mol. The zero-order valence-corrected chi connectivity index (χ0v) is 13.9. The van der Waals surface area contributed by atoms with Crippen molar-refractivity contribution in [2.75, 3.05) is 17.8 Å². The van der Waals surface area contributed by atoms with Gasteiger partial charge in [-0.1, -0.05) is 0 Å². The predicted molar refractivity (Wildman–Crippen MR) is 88.9 cm³/mol. The number of carbonyl (C=O) groups is 1. The maximum absolute atomic E-state index is 13.3. The fourth-order valence-electron chi connectivity index (χ4n) is 2.38. The summed E-state index contributed by atoms with van der Waals surface area (Å²) in [5.41, 5.74) is 1.13. The second-order valence-corrected chi connectivity index (χ2v) is 7.42. The normalized spacial score (nSPS) is 14.2. The molecule has 0 bridgehead atoms. The minimum atomic E-state index is -3.81. The standard InChI is InChI=1S/C17H17FN2O3S/c1-12-11-15(7-8-16(12)18)24(22,23)19-14-5-3-13(4-6-14)17(21)20-9-2-10-20/h3-8,11,19H,2,9-10H2,1H3. The van der Waals surface area contributed by atoms with Gasteiger partial charge in [-0.3, -0.25) is 9.52 Å². The summed E-state index contributed by atoms with van der Waals surface area (Å²) >= 11 is 0. The SMILES string of the molecule is Cc1cc(S(=O)(=O)Nc2ccc(C(=O)N3CCC3)cc2)ccc1F. The van der Waals surface area contributed by atoms with Crippen LogP contribution >= 0.6 is 0 Å². The maximum atomic E-state index is 13.3. The zero-order valence-electron chi connectivity index (χ0n) is 13.1. The van der Waals surface area contributed by atoms with Crippen LogP contribution in [-0.2, 0) is 10.0 Å². The summed E-state index contributed by atoms with van der Waals surface area (Å²) in [5, 5.41) is 0. The lowest BCUT2D eigenvalue weighted by atomic mass is 10.1. The van der Waals surface area contributed by atoms with Crippen LogP contribution in [0, 0.1) is 12.7 Å². The first-order valence-electron chi connectivity index (χ1n) is 7.55. The summed E-state index contributed by atoms with van der Waals surface area (Å²) in [6, 6.07) is 9.88. The highest BCUT2D eigenvalue weighted by Crippen LogP contribution is 2.20. The van der Waals surface area contributed by atoms with Gasteiger partial charge >= 0.3 is 0 Å². The van der Waals surface area contributed by atoms with Crippen LogP contribution in [0.4, 0.5) is 10.1 Å². The quantitative estimate of drug-likeness (QED) is 0.924. The fraction of sp³-hybridized carbons (Fsp3) is 0.235. The molecule has 1 aliphatic rings. The summed E-state index contributed by atoms with van der Waals surface area (Å²) in [7, 11) is -3.81. The predicted octanol–water partition coefficient (Wildman–Crippen LogP) is 2.78. The monoisotopic (exact) mass is 348 g/mol. The van der Waals surface area contributed by atoms with Crippen molar-refractivity contribution in [3.05, 3.63) is 59.4 Å². The molecule has 1 aliphatic heterocycles. The summed E-state index contributed by atoms with van der Waals surface area (Å²) < 4.78 is 40.4.